The van der Waals surface area contributed by atoms with Gasteiger partial charge in [0, 0.05) is 12.0 Å². The second-order valence-corrected chi connectivity index (χ2v) is 3.67. The first-order valence-corrected chi connectivity index (χ1v) is 4.32. The molecule has 0 N–H and O–H groups in total. The highest BCUT2D eigenvalue weighted by atomic mass is 16.1. The largest absolute Gasteiger partial charge is 0.303 e. The first-order chi connectivity index (χ1) is 5.16. The molecule has 1 fully saturated rings. The molecular formula is C9H17NO. The molecule has 1 aliphatic heterocycles. The van der Waals surface area contributed by atoms with Gasteiger partial charge >= 0.3 is 0 Å². The van der Waals surface area contributed by atoms with Gasteiger partial charge in [0.25, 0.3) is 0 Å². The number of rotatable bonds is 1. The van der Waals surface area contributed by atoms with Crippen LogP contribution in [0, 0.1) is 11.8 Å². The Kier molecular flexibility index (Phi) is 2.66. The minimum atomic E-state index is 0.293. The fourth-order valence-electron chi connectivity index (χ4n) is 1.77. The Bertz CT molecular complexity index is 146. The van der Waals surface area contributed by atoms with Crippen molar-refractivity contribution in [3.05, 3.63) is 0 Å². The maximum absolute atomic E-state index is 10.6. The van der Waals surface area contributed by atoms with E-state index in [2.05, 4.69) is 25.8 Å². The summed E-state index contributed by atoms with van der Waals surface area (Å²) in [6.07, 6.45) is 2.15. The SMILES string of the molecule is CC1C(C=O)CCN(C)C1C. The highest BCUT2D eigenvalue weighted by molar-refractivity contribution is 5.54. The van der Waals surface area contributed by atoms with Crippen molar-refractivity contribution in [2.45, 2.75) is 26.3 Å². The van der Waals surface area contributed by atoms with Crippen molar-refractivity contribution >= 4 is 6.29 Å². The molecule has 1 rings (SSSR count). The third-order valence-corrected chi connectivity index (χ3v) is 3.12. The molecule has 0 aromatic carbocycles. The second-order valence-electron chi connectivity index (χ2n) is 3.67. The zero-order valence-electron chi connectivity index (χ0n) is 7.58. The Morgan fingerprint density at radius 3 is 2.64 bits per heavy atom. The van der Waals surface area contributed by atoms with Gasteiger partial charge in [0.1, 0.15) is 6.29 Å². The summed E-state index contributed by atoms with van der Waals surface area (Å²) in [5, 5.41) is 0. The van der Waals surface area contributed by atoms with Crippen molar-refractivity contribution < 1.29 is 4.79 Å². The van der Waals surface area contributed by atoms with E-state index in [1.807, 2.05) is 0 Å². The standard InChI is InChI=1S/C9H17NO/c1-7-8(2)10(3)5-4-9(7)6-11/h6-9H,4-5H2,1-3H3. The lowest BCUT2D eigenvalue weighted by Gasteiger charge is -2.38. The molecule has 0 bridgehead atoms. The number of nitrogens with zero attached hydrogens (tertiary/aromatic N) is 1. The van der Waals surface area contributed by atoms with Crippen LogP contribution >= 0.6 is 0 Å². The molecule has 1 heterocycles. The van der Waals surface area contributed by atoms with Crippen LogP contribution in [0.1, 0.15) is 20.3 Å². The van der Waals surface area contributed by atoms with Gasteiger partial charge in [-0.1, -0.05) is 6.92 Å². The molecule has 0 radical (unpaired) electrons. The smallest absolute Gasteiger partial charge is 0.123 e. The average molecular weight is 155 g/mol. The highest BCUT2D eigenvalue weighted by Gasteiger charge is 2.29. The van der Waals surface area contributed by atoms with E-state index in [9.17, 15) is 4.79 Å². The van der Waals surface area contributed by atoms with E-state index >= 15 is 0 Å². The third kappa shape index (κ3) is 1.62. The van der Waals surface area contributed by atoms with Gasteiger partial charge in [-0.3, -0.25) is 0 Å². The lowest BCUT2D eigenvalue weighted by molar-refractivity contribution is -0.114. The number of hydrogen-bond donors (Lipinski definition) is 0. The molecule has 1 aliphatic rings. The number of hydrogen-bond acceptors (Lipinski definition) is 2. The maximum Gasteiger partial charge on any atom is 0.123 e. The number of likely N-dealkylation sites (tertiary alicyclic amines) is 1. The van der Waals surface area contributed by atoms with Gasteiger partial charge in [-0.15, -0.1) is 0 Å². The van der Waals surface area contributed by atoms with Crippen molar-refractivity contribution in [3.8, 4) is 0 Å². The number of carbonyl (C=O) groups excluding carboxylic acids is 1. The molecule has 11 heavy (non-hydrogen) atoms. The molecule has 0 saturated carbocycles. The zero-order chi connectivity index (χ0) is 8.43. The first-order valence-electron chi connectivity index (χ1n) is 4.32. The topological polar surface area (TPSA) is 20.3 Å². The molecule has 3 unspecified atom stereocenters. The van der Waals surface area contributed by atoms with Gasteiger partial charge in [0.15, 0.2) is 0 Å². The van der Waals surface area contributed by atoms with Crippen LogP contribution in [0.4, 0.5) is 0 Å². The summed E-state index contributed by atoms with van der Waals surface area (Å²) >= 11 is 0. The van der Waals surface area contributed by atoms with Crippen molar-refractivity contribution in [2.75, 3.05) is 13.6 Å². The molecule has 0 aliphatic carbocycles. The summed E-state index contributed by atoms with van der Waals surface area (Å²) in [5.74, 6) is 0.812. The van der Waals surface area contributed by atoms with Crippen LogP contribution in [0.15, 0.2) is 0 Å². The van der Waals surface area contributed by atoms with E-state index in [4.69, 9.17) is 0 Å². The van der Waals surface area contributed by atoms with Crippen LogP contribution in [0.5, 0.6) is 0 Å². The number of piperidine rings is 1. The fourth-order valence-corrected chi connectivity index (χ4v) is 1.77. The zero-order valence-corrected chi connectivity index (χ0v) is 7.58. The van der Waals surface area contributed by atoms with Crippen LogP contribution in [0.25, 0.3) is 0 Å². The van der Waals surface area contributed by atoms with Gasteiger partial charge in [-0.2, -0.15) is 0 Å². The fraction of sp³-hybridized carbons (Fsp3) is 0.889. The van der Waals surface area contributed by atoms with Crippen molar-refractivity contribution in [2.24, 2.45) is 11.8 Å². The van der Waals surface area contributed by atoms with Crippen LogP contribution in [0.2, 0.25) is 0 Å². The number of aldehydes is 1. The van der Waals surface area contributed by atoms with Crippen molar-refractivity contribution in [1.82, 2.24) is 4.90 Å². The van der Waals surface area contributed by atoms with Gasteiger partial charge < -0.3 is 9.69 Å². The quantitative estimate of drug-likeness (QED) is 0.530. The van der Waals surface area contributed by atoms with Crippen molar-refractivity contribution in [3.63, 3.8) is 0 Å². The van der Waals surface area contributed by atoms with E-state index in [0.717, 1.165) is 19.3 Å². The normalized spacial score (nSPS) is 40.5. The van der Waals surface area contributed by atoms with Gasteiger partial charge in [0.2, 0.25) is 0 Å². The molecule has 0 amide bonds. The third-order valence-electron chi connectivity index (χ3n) is 3.12. The second kappa shape index (κ2) is 3.35. The minimum absolute atomic E-state index is 0.293. The Morgan fingerprint density at radius 2 is 2.09 bits per heavy atom. The van der Waals surface area contributed by atoms with Gasteiger partial charge in [-0.25, -0.2) is 0 Å². The minimum Gasteiger partial charge on any atom is -0.303 e. The monoisotopic (exact) mass is 155 g/mol. The Labute approximate surface area is 68.6 Å². The summed E-state index contributed by atoms with van der Waals surface area (Å²) in [4.78, 5) is 12.9. The van der Waals surface area contributed by atoms with Gasteiger partial charge in [-0.05, 0) is 32.9 Å². The van der Waals surface area contributed by atoms with Gasteiger partial charge in [0.05, 0.1) is 0 Å². The molecule has 1 saturated heterocycles. The predicted octanol–water partition coefficient (Wildman–Crippen LogP) is 1.16. The van der Waals surface area contributed by atoms with Crippen LogP contribution in [-0.2, 0) is 4.79 Å². The molecule has 0 spiro atoms. The maximum atomic E-state index is 10.6. The molecular weight excluding hydrogens is 138 g/mol. The van der Waals surface area contributed by atoms with Crippen LogP contribution in [0.3, 0.4) is 0 Å². The van der Waals surface area contributed by atoms with E-state index in [0.29, 0.717) is 17.9 Å². The predicted molar refractivity (Wildman–Crippen MR) is 45.4 cm³/mol. The number of carbonyl (C=O) groups is 1. The van der Waals surface area contributed by atoms with Crippen LogP contribution < -0.4 is 0 Å². The van der Waals surface area contributed by atoms with E-state index < -0.39 is 0 Å². The Balaban J connectivity index is 2.58. The lowest BCUT2D eigenvalue weighted by atomic mass is 9.83. The average Bonchev–Trinajstić information content (AvgIpc) is 2.01. The first kappa shape index (κ1) is 8.72. The summed E-state index contributed by atoms with van der Waals surface area (Å²) in [6.45, 7) is 5.43. The lowest BCUT2D eigenvalue weighted by Crippen LogP contribution is -2.44. The molecule has 64 valence electrons. The summed E-state index contributed by atoms with van der Waals surface area (Å²) in [6, 6.07) is 0.555. The molecule has 0 aromatic rings. The molecule has 0 aromatic heterocycles. The summed E-state index contributed by atoms with van der Waals surface area (Å²) in [7, 11) is 2.13. The van der Waals surface area contributed by atoms with Crippen molar-refractivity contribution in [1.29, 1.82) is 0 Å². The summed E-state index contributed by atoms with van der Waals surface area (Å²) in [5.41, 5.74) is 0. The van der Waals surface area contributed by atoms with Crippen LogP contribution in [-0.4, -0.2) is 30.8 Å². The Hall–Kier alpha value is -0.370. The summed E-state index contributed by atoms with van der Waals surface area (Å²) < 4.78 is 0. The van der Waals surface area contributed by atoms with E-state index in [-0.39, 0.29) is 0 Å². The Morgan fingerprint density at radius 1 is 1.45 bits per heavy atom. The molecule has 2 nitrogen and oxygen atoms in total. The van der Waals surface area contributed by atoms with E-state index in [1.54, 1.807) is 0 Å². The molecule has 2 heteroatoms. The highest BCUT2D eigenvalue weighted by Crippen LogP contribution is 2.25. The molecule has 3 atom stereocenters. The van der Waals surface area contributed by atoms with E-state index in [1.165, 1.54) is 0 Å².